The molecular formula is C23H19FN2O3S. The average molecular weight is 422 g/mol. The van der Waals surface area contributed by atoms with Crippen molar-refractivity contribution in [2.45, 2.75) is 13.5 Å². The van der Waals surface area contributed by atoms with Crippen LogP contribution < -0.4 is 9.62 Å². The van der Waals surface area contributed by atoms with E-state index in [1.165, 1.54) is 34.8 Å². The first-order valence-electron chi connectivity index (χ1n) is 9.30. The largest absolute Gasteiger partial charge is 0.360 e. The van der Waals surface area contributed by atoms with Gasteiger partial charge >= 0.3 is 0 Å². The molecule has 3 aromatic rings. The zero-order valence-electron chi connectivity index (χ0n) is 16.2. The smallest absolute Gasteiger partial charge is 0.270 e. The molecule has 5 nitrogen and oxygen atoms in total. The molecule has 3 aromatic carbocycles. The number of carbonyl (C=O) groups excluding carboxylic acids is 1. The van der Waals surface area contributed by atoms with Gasteiger partial charge in [-0.25, -0.2) is 12.8 Å². The van der Waals surface area contributed by atoms with Gasteiger partial charge in [-0.1, -0.05) is 42.0 Å². The number of allylic oxidation sites excluding steroid dienone is 1. The number of nitrogens with zero attached hydrogens (tertiary/aromatic N) is 1. The summed E-state index contributed by atoms with van der Waals surface area (Å²) in [6.07, 6.45) is 1.17. The number of ketones is 1. The summed E-state index contributed by atoms with van der Waals surface area (Å²) in [7, 11) is -4.11. The number of Topliss-reactive ketones (excluding diaryl/α,β-unsaturated/α-hetero) is 1. The number of hydrogen-bond acceptors (Lipinski definition) is 4. The van der Waals surface area contributed by atoms with Crippen LogP contribution in [0.3, 0.4) is 0 Å². The molecule has 0 radical (unpaired) electrons. The zero-order valence-corrected chi connectivity index (χ0v) is 17.0. The molecule has 0 spiro atoms. The molecule has 0 bridgehead atoms. The summed E-state index contributed by atoms with van der Waals surface area (Å²) in [5, 5.41) is 2.80. The van der Waals surface area contributed by atoms with Gasteiger partial charge in [-0.15, -0.1) is 0 Å². The van der Waals surface area contributed by atoms with E-state index >= 15 is 0 Å². The van der Waals surface area contributed by atoms with Crippen molar-refractivity contribution in [3.8, 4) is 0 Å². The van der Waals surface area contributed by atoms with Crippen LogP contribution in [0.1, 0.15) is 21.5 Å². The number of aryl methyl sites for hydroxylation is 1. The van der Waals surface area contributed by atoms with E-state index in [0.717, 1.165) is 11.1 Å². The summed E-state index contributed by atoms with van der Waals surface area (Å²) in [5.41, 5.74) is 2.96. The van der Waals surface area contributed by atoms with Gasteiger partial charge < -0.3 is 5.32 Å². The van der Waals surface area contributed by atoms with E-state index in [2.05, 4.69) is 5.32 Å². The Kier molecular flexibility index (Phi) is 5.13. The number of hydrogen-bond donors (Lipinski definition) is 1. The van der Waals surface area contributed by atoms with E-state index in [9.17, 15) is 17.6 Å². The van der Waals surface area contributed by atoms with Gasteiger partial charge in [0.25, 0.3) is 10.0 Å². The lowest BCUT2D eigenvalue weighted by Gasteiger charge is -2.31. The van der Waals surface area contributed by atoms with E-state index in [0.29, 0.717) is 16.9 Å². The van der Waals surface area contributed by atoms with Gasteiger partial charge in [0.1, 0.15) is 5.82 Å². The lowest BCUT2D eigenvalue weighted by Crippen LogP contribution is -2.39. The van der Waals surface area contributed by atoms with Gasteiger partial charge in [0.15, 0.2) is 4.91 Å². The highest BCUT2D eigenvalue weighted by Gasteiger charge is 2.40. The van der Waals surface area contributed by atoms with Crippen molar-refractivity contribution in [3.63, 3.8) is 0 Å². The Morgan fingerprint density at radius 1 is 1.00 bits per heavy atom. The van der Waals surface area contributed by atoms with Gasteiger partial charge in [-0.05, 0) is 48.9 Å². The normalized spacial score (nSPS) is 16.4. The predicted octanol–water partition coefficient (Wildman–Crippen LogP) is 4.62. The van der Waals surface area contributed by atoms with Gasteiger partial charge in [0.2, 0.25) is 5.78 Å². The van der Waals surface area contributed by atoms with Crippen molar-refractivity contribution in [2.75, 3.05) is 9.62 Å². The number of rotatable bonds is 4. The van der Waals surface area contributed by atoms with Crippen molar-refractivity contribution < 1.29 is 17.6 Å². The fraction of sp³-hybridized carbons (Fsp3) is 0.0870. The highest BCUT2D eigenvalue weighted by atomic mass is 32.2. The minimum Gasteiger partial charge on any atom is -0.360 e. The maximum absolute atomic E-state index is 13.4. The van der Waals surface area contributed by atoms with Gasteiger partial charge in [0, 0.05) is 17.5 Å². The van der Waals surface area contributed by atoms with Crippen LogP contribution in [-0.4, -0.2) is 14.2 Å². The Balaban J connectivity index is 1.77. The van der Waals surface area contributed by atoms with Gasteiger partial charge in [-0.2, -0.15) is 0 Å². The third-order valence-corrected chi connectivity index (χ3v) is 6.60. The van der Waals surface area contributed by atoms with Gasteiger partial charge in [-0.3, -0.25) is 9.10 Å². The quantitative estimate of drug-likeness (QED) is 0.623. The molecule has 0 amide bonds. The molecule has 1 aliphatic rings. The Bertz CT molecular complexity index is 1250. The first-order chi connectivity index (χ1) is 14.4. The first kappa shape index (κ1) is 19.8. The number of benzene rings is 3. The third kappa shape index (κ3) is 3.71. The number of halogens is 1. The number of carbonyl (C=O) groups is 1. The summed E-state index contributed by atoms with van der Waals surface area (Å²) in [4.78, 5) is 12.6. The molecule has 152 valence electrons. The predicted molar refractivity (Wildman–Crippen MR) is 115 cm³/mol. The van der Waals surface area contributed by atoms with Crippen LogP contribution in [-0.2, 0) is 16.6 Å². The Hall–Kier alpha value is -3.45. The standard InChI is InChI=1S/C23H19FN2O3S/c1-16-5-4-6-17(13-16)15-26-21-8-3-2-7-20(21)23(27)22(30(26,28)29)14-25-19-11-9-18(24)10-12-19/h2-14,25H,15H2,1H3. The Morgan fingerprint density at radius 3 is 2.47 bits per heavy atom. The lowest BCUT2D eigenvalue weighted by atomic mass is 10.1. The summed E-state index contributed by atoms with van der Waals surface area (Å²) < 4.78 is 41.1. The van der Waals surface area contributed by atoms with Crippen LogP contribution in [0, 0.1) is 12.7 Å². The molecule has 1 aliphatic heterocycles. The van der Waals surface area contributed by atoms with E-state index < -0.39 is 21.6 Å². The lowest BCUT2D eigenvalue weighted by molar-refractivity contribution is 0.104. The van der Waals surface area contributed by atoms with Gasteiger partial charge in [0.05, 0.1) is 12.2 Å². The first-order valence-corrected chi connectivity index (χ1v) is 10.7. The summed E-state index contributed by atoms with van der Waals surface area (Å²) >= 11 is 0. The molecule has 0 fully saturated rings. The molecule has 0 aliphatic carbocycles. The molecule has 4 rings (SSSR count). The summed E-state index contributed by atoms with van der Waals surface area (Å²) in [5.74, 6) is -0.992. The van der Waals surface area contributed by atoms with Crippen molar-refractivity contribution in [3.05, 3.63) is 106 Å². The molecule has 0 unspecified atom stereocenters. The number of sulfonamides is 1. The molecular weight excluding hydrogens is 403 g/mol. The highest BCUT2D eigenvalue weighted by molar-refractivity contribution is 7.97. The van der Waals surface area contributed by atoms with Crippen LogP contribution in [0.25, 0.3) is 0 Å². The average Bonchev–Trinajstić information content (AvgIpc) is 2.72. The Morgan fingerprint density at radius 2 is 1.73 bits per heavy atom. The Labute approximate surface area is 174 Å². The second-order valence-electron chi connectivity index (χ2n) is 7.01. The number of para-hydroxylation sites is 1. The molecule has 1 heterocycles. The number of fused-ring (bicyclic) bond motifs is 1. The van der Waals surface area contributed by atoms with Crippen molar-refractivity contribution in [1.82, 2.24) is 0 Å². The van der Waals surface area contributed by atoms with Crippen LogP contribution in [0.5, 0.6) is 0 Å². The maximum atomic E-state index is 13.4. The topological polar surface area (TPSA) is 66.5 Å². The molecule has 0 saturated heterocycles. The van der Waals surface area contributed by atoms with E-state index in [-0.39, 0.29) is 11.4 Å². The maximum Gasteiger partial charge on any atom is 0.270 e. The summed E-state index contributed by atoms with van der Waals surface area (Å²) in [6, 6.07) is 19.6. The molecule has 0 atom stereocenters. The minimum absolute atomic E-state index is 0.0994. The SMILES string of the molecule is Cc1cccc(CN2c3ccccc3C(=O)C(=CNc3ccc(F)cc3)S2(=O)=O)c1. The van der Waals surface area contributed by atoms with Crippen LogP contribution in [0.15, 0.2) is 83.9 Å². The molecule has 0 saturated carbocycles. The monoisotopic (exact) mass is 422 g/mol. The van der Waals surface area contributed by atoms with Crippen LogP contribution in [0.2, 0.25) is 0 Å². The number of nitrogens with one attached hydrogen (secondary N) is 1. The molecule has 7 heteroatoms. The van der Waals surface area contributed by atoms with E-state index in [1.54, 1.807) is 24.3 Å². The molecule has 30 heavy (non-hydrogen) atoms. The van der Waals surface area contributed by atoms with Crippen LogP contribution >= 0.6 is 0 Å². The fourth-order valence-corrected chi connectivity index (χ4v) is 4.89. The zero-order chi connectivity index (χ0) is 21.3. The van der Waals surface area contributed by atoms with Crippen LogP contribution in [0.4, 0.5) is 15.8 Å². The van der Waals surface area contributed by atoms with E-state index in [1.807, 2.05) is 31.2 Å². The van der Waals surface area contributed by atoms with Crippen molar-refractivity contribution >= 4 is 27.2 Å². The second-order valence-corrected chi connectivity index (χ2v) is 8.84. The number of anilines is 2. The van der Waals surface area contributed by atoms with E-state index in [4.69, 9.17) is 0 Å². The molecule has 1 N–H and O–H groups in total. The third-order valence-electron chi connectivity index (χ3n) is 4.83. The highest BCUT2D eigenvalue weighted by Crippen LogP contribution is 2.36. The fourth-order valence-electron chi connectivity index (χ4n) is 3.36. The summed E-state index contributed by atoms with van der Waals surface area (Å²) in [6.45, 7) is 2.03. The van der Waals surface area contributed by atoms with Crippen molar-refractivity contribution in [2.24, 2.45) is 0 Å². The molecule has 0 aromatic heterocycles. The second kappa shape index (κ2) is 7.76. The minimum atomic E-state index is -4.11. The van der Waals surface area contributed by atoms with Crippen molar-refractivity contribution in [1.29, 1.82) is 0 Å².